The van der Waals surface area contributed by atoms with E-state index in [0.717, 1.165) is 119 Å². The van der Waals surface area contributed by atoms with Gasteiger partial charge < -0.3 is 39.4 Å². The van der Waals surface area contributed by atoms with E-state index in [1.165, 1.54) is 18.4 Å². The summed E-state index contributed by atoms with van der Waals surface area (Å²) < 4.78 is 21.2. The molecule has 3 amide bonds. The van der Waals surface area contributed by atoms with E-state index < -0.39 is 6.03 Å². The quantitative estimate of drug-likeness (QED) is 0.0678. The summed E-state index contributed by atoms with van der Waals surface area (Å²) in [4.78, 5) is 49.3. The van der Waals surface area contributed by atoms with Crippen molar-refractivity contribution in [3.8, 4) is 22.6 Å². The number of rotatable bonds is 17. The van der Waals surface area contributed by atoms with E-state index in [0.29, 0.717) is 40.4 Å². The Bertz CT molecular complexity index is 2980. The van der Waals surface area contributed by atoms with Gasteiger partial charge in [0, 0.05) is 116 Å². The fourth-order valence-electron chi connectivity index (χ4n) is 12.0. The van der Waals surface area contributed by atoms with Crippen LogP contribution < -0.4 is 30.7 Å². The van der Waals surface area contributed by atoms with E-state index in [1.807, 2.05) is 33.0 Å². The van der Waals surface area contributed by atoms with Crippen molar-refractivity contribution < 1.29 is 23.6 Å². The summed E-state index contributed by atoms with van der Waals surface area (Å²) in [6.45, 7) is 24.5. The number of pyridine rings is 1. The minimum atomic E-state index is -0.512. The SMILES string of the molecule is CCN1C(C)(C)CC(Oc2ccc(C(=O)Nc3ccc(NC(=O)Nc4cc(C(C)(C)C)on4)c(OC4CCC(n5cc(-c6ccc(CN7CCN(C)CC7)cc6)c6cnc(NCCC7CC7)nc65)CC4)c3)nc2)CC1(C)C. The molecule has 0 bridgehead atoms. The molecular weight excluding hydrogens is 969 g/mol. The zero-order valence-electron chi connectivity index (χ0n) is 46.7. The van der Waals surface area contributed by atoms with Crippen molar-refractivity contribution in [3.63, 3.8) is 0 Å². The van der Waals surface area contributed by atoms with Crippen LogP contribution in [0.4, 0.5) is 27.9 Å². The van der Waals surface area contributed by atoms with E-state index in [4.69, 9.17) is 24.0 Å². The summed E-state index contributed by atoms with van der Waals surface area (Å²) in [6.07, 6.45) is 14.4. The molecule has 0 atom stereocenters. The third-order valence-corrected chi connectivity index (χ3v) is 16.2. The van der Waals surface area contributed by atoms with Crippen molar-refractivity contribution in [1.82, 2.24) is 39.4 Å². The first-order valence-electron chi connectivity index (χ1n) is 28.0. The number of aromatic nitrogens is 5. The Morgan fingerprint density at radius 1 is 0.805 bits per heavy atom. The number of hydrogen-bond acceptors (Lipinski definition) is 13. The number of likely N-dealkylation sites (N-methyl/N-ethyl adjacent to an activating group) is 1. The highest BCUT2D eigenvalue weighted by molar-refractivity contribution is 6.04. The average Bonchev–Trinajstić information content (AvgIpc) is 4.03. The van der Waals surface area contributed by atoms with Crippen LogP contribution in [0.15, 0.2) is 83.8 Å². The first kappa shape index (κ1) is 53.8. The second-order valence-electron chi connectivity index (χ2n) is 24.3. The van der Waals surface area contributed by atoms with Crippen LogP contribution in [0.25, 0.3) is 22.2 Å². The molecular formula is C60H80N12O5. The molecule has 10 rings (SSSR count). The molecule has 17 heteroatoms. The maximum absolute atomic E-state index is 13.8. The molecule has 6 aromatic rings. The number of anilines is 4. The predicted octanol–water partition coefficient (Wildman–Crippen LogP) is 11.6. The van der Waals surface area contributed by atoms with E-state index >= 15 is 0 Å². The van der Waals surface area contributed by atoms with Crippen molar-refractivity contribution in [2.45, 2.75) is 154 Å². The van der Waals surface area contributed by atoms with Gasteiger partial charge in [-0.3, -0.25) is 19.9 Å². The van der Waals surface area contributed by atoms with Crippen molar-refractivity contribution in [3.05, 3.63) is 96.3 Å². The monoisotopic (exact) mass is 1050 g/mol. The molecule has 0 spiro atoms. The van der Waals surface area contributed by atoms with Crippen LogP contribution in [0.5, 0.6) is 11.5 Å². The number of nitrogens with one attached hydrogen (secondary N) is 4. The molecule has 17 nitrogen and oxygen atoms in total. The molecule has 77 heavy (non-hydrogen) atoms. The van der Waals surface area contributed by atoms with Gasteiger partial charge in [0.1, 0.15) is 34.7 Å². The highest BCUT2D eigenvalue weighted by Gasteiger charge is 2.45. The minimum Gasteiger partial charge on any atom is -0.489 e. The van der Waals surface area contributed by atoms with Gasteiger partial charge in [-0.2, -0.15) is 4.98 Å². The van der Waals surface area contributed by atoms with Crippen LogP contribution in [-0.4, -0.2) is 121 Å². The Hall–Kier alpha value is -6.56. The lowest BCUT2D eigenvalue weighted by Gasteiger charge is -2.54. The summed E-state index contributed by atoms with van der Waals surface area (Å²) in [5, 5.41) is 17.4. The van der Waals surface area contributed by atoms with Gasteiger partial charge in [0.05, 0.1) is 18.0 Å². The van der Waals surface area contributed by atoms with Crippen LogP contribution in [-0.2, 0) is 12.0 Å². The van der Waals surface area contributed by atoms with Gasteiger partial charge in [0.15, 0.2) is 5.82 Å². The molecule has 0 unspecified atom stereocenters. The predicted molar refractivity (Wildman–Crippen MR) is 304 cm³/mol. The van der Waals surface area contributed by atoms with Gasteiger partial charge in [0.2, 0.25) is 5.95 Å². The Morgan fingerprint density at radius 3 is 2.21 bits per heavy atom. The highest BCUT2D eigenvalue weighted by atomic mass is 16.5. The third-order valence-electron chi connectivity index (χ3n) is 16.2. The lowest BCUT2D eigenvalue weighted by Crippen LogP contribution is -2.62. The summed E-state index contributed by atoms with van der Waals surface area (Å²) in [5.74, 6) is 3.08. The first-order valence-corrected chi connectivity index (χ1v) is 28.0. The normalized spacial score (nSPS) is 20.4. The molecule has 2 saturated heterocycles. The number of carbonyl (C=O) groups excluding carboxylic acids is 2. The maximum Gasteiger partial charge on any atom is 0.325 e. The highest BCUT2D eigenvalue weighted by Crippen LogP contribution is 2.42. The number of carbonyl (C=O) groups is 2. The summed E-state index contributed by atoms with van der Waals surface area (Å²) in [6, 6.07) is 19.1. The van der Waals surface area contributed by atoms with Crippen LogP contribution in [0.3, 0.4) is 0 Å². The van der Waals surface area contributed by atoms with Crippen LogP contribution >= 0.6 is 0 Å². The van der Waals surface area contributed by atoms with E-state index in [-0.39, 0.29) is 46.3 Å². The number of nitrogens with zero attached hydrogens (tertiary/aromatic N) is 8. The van der Waals surface area contributed by atoms with Crippen LogP contribution in [0.2, 0.25) is 0 Å². The molecule has 4 aliphatic rings. The van der Waals surface area contributed by atoms with Crippen LogP contribution in [0.1, 0.15) is 141 Å². The number of hydrogen-bond donors (Lipinski definition) is 4. The van der Waals surface area contributed by atoms with Gasteiger partial charge in [-0.15, -0.1) is 0 Å². The Morgan fingerprint density at radius 2 is 1.55 bits per heavy atom. The molecule has 0 radical (unpaired) electrons. The molecule has 4 aromatic heterocycles. The van der Waals surface area contributed by atoms with Gasteiger partial charge in [-0.05, 0) is 115 Å². The summed E-state index contributed by atoms with van der Waals surface area (Å²) >= 11 is 0. The average molecular weight is 1050 g/mol. The fraction of sp³-hybridized carbons (Fsp3) is 0.533. The van der Waals surface area contributed by atoms with Gasteiger partial charge in [-0.25, -0.2) is 14.8 Å². The molecule has 2 aromatic carbocycles. The molecule has 2 aliphatic heterocycles. The largest absolute Gasteiger partial charge is 0.489 e. The number of piperidine rings is 1. The van der Waals surface area contributed by atoms with Crippen molar-refractivity contribution in [1.29, 1.82) is 0 Å². The van der Waals surface area contributed by atoms with Gasteiger partial charge in [-0.1, -0.05) is 70.0 Å². The number of likely N-dealkylation sites (tertiary alicyclic amines) is 1. The standard InChI is InChI=1S/C60H80N12O5/c1-10-72-59(5,6)33-46(34-60(72,7)8)75-45-22-24-50(62-35-45)55(73)64-42-17-23-49(65-57(74)66-53-32-52(77-68-53)58(2,3)4)51(31-42)76-44-20-18-43(19-21-44)71-38-48(47-36-63-56(67-54(47)71)61-26-25-39-11-12-39)41-15-13-40(14-16-41)37-70-29-27-69(9)28-30-70/h13-17,22-24,31-32,35-36,38-39,43-44,46H,10-12,18-21,25-30,33-34,37H2,1-9H3,(H,64,73)(H,61,63,67)(H2,65,66,68,74). The van der Waals surface area contributed by atoms with E-state index in [2.05, 4.69) is 123 Å². The van der Waals surface area contributed by atoms with Crippen molar-refractivity contribution in [2.24, 2.45) is 5.92 Å². The zero-order chi connectivity index (χ0) is 54.1. The number of benzene rings is 2. The first-order chi connectivity index (χ1) is 36.8. The number of ether oxygens (including phenoxy) is 2. The second kappa shape index (κ2) is 22.4. The molecule has 6 heterocycles. The fourth-order valence-corrected chi connectivity index (χ4v) is 12.0. The van der Waals surface area contributed by atoms with Crippen LogP contribution in [0, 0.1) is 5.92 Å². The third kappa shape index (κ3) is 13.1. The number of piperazine rings is 1. The molecule has 2 aliphatic carbocycles. The zero-order valence-corrected chi connectivity index (χ0v) is 46.7. The van der Waals surface area contributed by atoms with Crippen molar-refractivity contribution >= 4 is 46.1 Å². The summed E-state index contributed by atoms with van der Waals surface area (Å²) in [5.41, 5.74) is 5.36. The lowest BCUT2D eigenvalue weighted by molar-refractivity contribution is -0.0697. The van der Waals surface area contributed by atoms with Gasteiger partial charge >= 0.3 is 6.03 Å². The molecule has 410 valence electrons. The maximum atomic E-state index is 13.8. The number of amides is 3. The van der Waals surface area contributed by atoms with Crippen molar-refractivity contribution in [2.75, 3.05) is 67.6 Å². The van der Waals surface area contributed by atoms with E-state index in [1.54, 1.807) is 36.5 Å². The number of urea groups is 1. The summed E-state index contributed by atoms with van der Waals surface area (Å²) in [7, 11) is 2.19. The Labute approximate surface area is 454 Å². The minimum absolute atomic E-state index is 0.0165. The Balaban J connectivity index is 0.844. The second-order valence-corrected chi connectivity index (χ2v) is 24.3. The smallest absolute Gasteiger partial charge is 0.325 e. The molecule has 4 N–H and O–H groups in total. The number of fused-ring (bicyclic) bond motifs is 1. The van der Waals surface area contributed by atoms with E-state index in [9.17, 15) is 9.59 Å². The lowest BCUT2D eigenvalue weighted by atomic mass is 9.78. The molecule has 2 saturated carbocycles. The van der Waals surface area contributed by atoms with Gasteiger partial charge in [0.25, 0.3) is 5.91 Å². The molecule has 4 fully saturated rings. The topological polar surface area (TPSA) is 180 Å². The Kier molecular flexibility index (Phi) is 15.7.